The van der Waals surface area contributed by atoms with Gasteiger partial charge < -0.3 is 15.2 Å². The SMILES string of the molecule is COc1ccc(CC(=O)NC(C)C(=O)O)c(C)c1C. The zero-order valence-corrected chi connectivity index (χ0v) is 11.6. The van der Waals surface area contributed by atoms with Gasteiger partial charge in [-0.05, 0) is 43.5 Å². The summed E-state index contributed by atoms with van der Waals surface area (Å²) in [5.41, 5.74) is 2.84. The van der Waals surface area contributed by atoms with E-state index in [1.165, 1.54) is 6.92 Å². The first-order valence-electron chi connectivity index (χ1n) is 6.02. The van der Waals surface area contributed by atoms with Crippen molar-refractivity contribution >= 4 is 11.9 Å². The predicted molar refractivity (Wildman–Crippen MR) is 71.4 cm³/mol. The maximum absolute atomic E-state index is 11.7. The third-order valence-corrected chi connectivity index (χ3v) is 3.17. The standard InChI is InChI=1S/C14H19NO4/c1-8-9(2)12(19-4)6-5-11(8)7-13(16)15-10(3)14(17)18/h5-6,10H,7H2,1-4H3,(H,15,16)(H,17,18). The molecule has 0 fully saturated rings. The van der Waals surface area contributed by atoms with E-state index in [1.807, 2.05) is 26.0 Å². The van der Waals surface area contributed by atoms with Crippen LogP contribution < -0.4 is 10.1 Å². The van der Waals surface area contributed by atoms with Crippen LogP contribution in [0.15, 0.2) is 12.1 Å². The molecule has 0 aliphatic heterocycles. The van der Waals surface area contributed by atoms with E-state index in [1.54, 1.807) is 7.11 Å². The minimum atomic E-state index is -1.05. The first kappa shape index (κ1) is 15.0. The van der Waals surface area contributed by atoms with Crippen LogP contribution in [0.4, 0.5) is 0 Å². The van der Waals surface area contributed by atoms with Crippen LogP contribution >= 0.6 is 0 Å². The van der Waals surface area contributed by atoms with Crippen LogP contribution in [0.3, 0.4) is 0 Å². The van der Waals surface area contributed by atoms with E-state index in [9.17, 15) is 9.59 Å². The Kier molecular flexibility index (Phi) is 4.92. The molecule has 1 rings (SSSR count). The van der Waals surface area contributed by atoms with Crippen molar-refractivity contribution in [2.24, 2.45) is 0 Å². The second-order valence-corrected chi connectivity index (χ2v) is 4.48. The van der Waals surface area contributed by atoms with Crippen LogP contribution in [0.25, 0.3) is 0 Å². The summed E-state index contributed by atoms with van der Waals surface area (Å²) in [6.45, 7) is 5.28. The van der Waals surface area contributed by atoms with Crippen molar-refractivity contribution in [3.63, 3.8) is 0 Å². The number of ether oxygens (including phenoxy) is 1. The maximum Gasteiger partial charge on any atom is 0.325 e. The van der Waals surface area contributed by atoms with Gasteiger partial charge in [0.15, 0.2) is 0 Å². The highest BCUT2D eigenvalue weighted by Crippen LogP contribution is 2.24. The number of aliphatic carboxylic acids is 1. The van der Waals surface area contributed by atoms with Gasteiger partial charge in [0.25, 0.3) is 0 Å². The lowest BCUT2D eigenvalue weighted by Crippen LogP contribution is -2.39. The second-order valence-electron chi connectivity index (χ2n) is 4.48. The second kappa shape index (κ2) is 6.22. The van der Waals surface area contributed by atoms with Gasteiger partial charge in [-0.2, -0.15) is 0 Å². The van der Waals surface area contributed by atoms with Crippen LogP contribution in [0.1, 0.15) is 23.6 Å². The van der Waals surface area contributed by atoms with Crippen molar-refractivity contribution in [2.45, 2.75) is 33.2 Å². The summed E-state index contributed by atoms with van der Waals surface area (Å²) in [6.07, 6.45) is 0.161. The number of carboxylic acids is 1. The van der Waals surface area contributed by atoms with E-state index >= 15 is 0 Å². The molecule has 0 radical (unpaired) electrons. The van der Waals surface area contributed by atoms with Gasteiger partial charge >= 0.3 is 5.97 Å². The van der Waals surface area contributed by atoms with Gasteiger partial charge in [0.05, 0.1) is 13.5 Å². The molecular formula is C14H19NO4. The molecule has 5 heteroatoms. The Labute approximate surface area is 112 Å². The summed E-state index contributed by atoms with van der Waals surface area (Å²) < 4.78 is 5.20. The largest absolute Gasteiger partial charge is 0.496 e. The maximum atomic E-state index is 11.7. The fourth-order valence-corrected chi connectivity index (χ4v) is 1.79. The summed E-state index contributed by atoms with van der Waals surface area (Å²) in [4.78, 5) is 22.4. The van der Waals surface area contributed by atoms with Gasteiger partial charge in [-0.1, -0.05) is 6.07 Å². The predicted octanol–water partition coefficient (Wildman–Crippen LogP) is 1.44. The van der Waals surface area contributed by atoms with Gasteiger partial charge in [-0.3, -0.25) is 9.59 Å². The average Bonchev–Trinajstić information content (AvgIpc) is 2.35. The molecule has 1 aromatic carbocycles. The Bertz CT molecular complexity index is 496. The molecule has 0 aliphatic carbocycles. The van der Waals surface area contributed by atoms with Crippen LogP contribution in [0.2, 0.25) is 0 Å². The number of amides is 1. The van der Waals surface area contributed by atoms with Gasteiger partial charge in [-0.25, -0.2) is 0 Å². The van der Waals surface area contributed by atoms with E-state index in [4.69, 9.17) is 9.84 Å². The number of hydrogen-bond acceptors (Lipinski definition) is 3. The number of carboxylic acid groups (broad SMARTS) is 1. The quantitative estimate of drug-likeness (QED) is 0.844. The number of hydrogen-bond donors (Lipinski definition) is 2. The highest BCUT2D eigenvalue weighted by molar-refractivity contribution is 5.84. The summed E-state index contributed by atoms with van der Waals surface area (Å²) in [5.74, 6) is -0.570. The first-order chi connectivity index (χ1) is 8.86. The minimum absolute atomic E-state index is 0.161. The Morgan fingerprint density at radius 2 is 1.95 bits per heavy atom. The molecule has 0 saturated carbocycles. The number of benzene rings is 1. The van der Waals surface area contributed by atoms with E-state index in [2.05, 4.69) is 5.32 Å². The van der Waals surface area contributed by atoms with Crippen molar-refractivity contribution in [1.29, 1.82) is 0 Å². The van der Waals surface area contributed by atoms with Crippen molar-refractivity contribution in [3.05, 3.63) is 28.8 Å². The fraction of sp³-hybridized carbons (Fsp3) is 0.429. The van der Waals surface area contributed by atoms with Crippen molar-refractivity contribution in [2.75, 3.05) is 7.11 Å². The molecule has 1 unspecified atom stereocenters. The molecule has 0 saturated heterocycles. The Balaban J connectivity index is 2.81. The van der Waals surface area contributed by atoms with E-state index < -0.39 is 12.0 Å². The minimum Gasteiger partial charge on any atom is -0.496 e. The third-order valence-electron chi connectivity index (χ3n) is 3.17. The lowest BCUT2D eigenvalue weighted by molar-refractivity contribution is -0.141. The molecule has 0 aromatic heterocycles. The van der Waals surface area contributed by atoms with Crippen LogP contribution in [0.5, 0.6) is 5.75 Å². The molecule has 5 nitrogen and oxygen atoms in total. The molecular weight excluding hydrogens is 246 g/mol. The van der Waals surface area contributed by atoms with Gasteiger partial charge in [0, 0.05) is 0 Å². The number of nitrogens with one attached hydrogen (secondary N) is 1. The highest BCUT2D eigenvalue weighted by Gasteiger charge is 2.15. The van der Waals surface area contributed by atoms with Gasteiger partial charge in [-0.15, -0.1) is 0 Å². The molecule has 2 N–H and O–H groups in total. The first-order valence-corrected chi connectivity index (χ1v) is 6.02. The lowest BCUT2D eigenvalue weighted by atomic mass is 9.99. The van der Waals surface area contributed by atoms with Crippen molar-refractivity contribution in [1.82, 2.24) is 5.32 Å². The average molecular weight is 265 g/mol. The van der Waals surface area contributed by atoms with E-state index in [-0.39, 0.29) is 12.3 Å². The zero-order valence-electron chi connectivity index (χ0n) is 11.6. The number of rotatable bonds is 5. The topological polar surface area (TPSA) is 75.6 Å². The molecule has 104 valence electrons. The molecule has 1 atom stereocenters. The molecule has 0 heterocycles. The Hall–Kier alpha value is -2.04. The molecule has 1 aromatic rings. The van der Waals surface area contributed by atoms with Gasteiger partial charge in [0.1, 0.15) is 11.8 Å². The Morgan fingerprint density at radius 1 is 1.32 bits per heavy atom. The number of methoxy groups -OCH3 is 1. The smallest absolute Gasteiger partial charge is 0.325 e. The van der Waals surface area contributed by atoms with Crippen LogP contribution in [-0.2, 0) is 16.0 Å². The zero-order chi connectivity index (χ0) is 14.6. The van der Waals surface area contributed by atoms with Crippen molar-refractivity contribution in [3.8, 4) is 5.75 Å². The lowest BCUT2D eigenvalue weighted by Gasteiger charge is -2.13. The normalized spacial score (nSPS) is 11.8. The summed E-state index contributed by atoms with van der Waals surface area (Å²) in [7, 11) is 1.60. The summed E-state index contributed by atoms with van der Waals surface area (Å²) >= 11 is 0. The molecule has 0 aliphatic rings. The van der Waals surface area contributed by atoms with Crippen LogP contribution in [-0.4, -0.2) is 30.1 Å². The molecule has 19 heavy (non-hydrogen) atoms. The number of carbonyl (C=O) groups excluding carboxylic acids is 1. The molecule has 1 amide bonds. The number of carbonyl (C=O) groups is 2. The molecule has 0 bridgehead atoms. The monoisotopic (exact) mass is 265 g/mol. The highest BCUT2D eigenvalue weighted by atomic mass is 16.5. The summed E-state index contributed by atoms with van der Waals surface area (Å²) in [5, 5.41) is 11.2. The van der Waals surface area contributed by atoms with Crippen molar-refractivity contribution < 1.29 is 19.4 Å². The van der Waals surface area contributed by atoms with Gasteiger partial charge in [0.2, 0.25) is 5.91 Å². The van der Waals surface area contributed by atoms with E-state index in [0.29, 0.717) is 0 Å². The van der Waals surface area contributed by atoms with E-state index in [0.717, 1.165) is 22.4 Å². The summed E-state index contributed by atoms with van der Waals surface area (Å²) in [6, 6.07) is 2.75. The molecule has 0 spiro atoms. The third kappa shape index (κ3) is 3.71. The Morgan fingerprint density at radius 3 is 2.47 bits per heavy atom. The fourth-order valence-electron chi connectivity index (χ4n) is 1.79. The van der Waals surface area contributed by atoms with Crippen LogP contribution in [0, 0.1) is 13.8 Å².